The van der Waals surface area contributed by atoms with E-state index >= 15 is 0 Å². The molecule has 0 radical (unpaired) electrons. The van der Waals surface area contributed by atoms with Gasteiger partial charge in [0.2, 0.25) is 5.91 Å². The number of benzene rings is 1. The van der Waals surface area contributed by atoms with Crippen LogP contribution in [0.25, 0.3) is 11.1 Å². The minimum atomic E-state index is -0.609. The second-order valence-electron chi connectivity index (χ2n) is 5.29. The van der Waals surface area contributed by atoms with Crippen LogP contribution >= 0.6 is 11.6 Å². The van der Waals surface area contributed by atoms with Crippen LogP contribution in [0.3, 0.4) is 0 Å². The molecule has 0 aliphatic heterocycles. The van der Waals surface area contributed by atoms with Crippen LogP contribution in [0, 0.1) is 0 Å². The van der Waals surface area contributed by atoms with Gasteiger partial charge < -0.3 is 4.42 Å². The largest absolute Gasteiger partial charge is 0.439 e. The van der Waals surface area contributed by atoms with Gasteiger partial charge in [-0.15, -0.1) is 0 Å². The molecule has 0 saturated carbocycles. The van der Waals surface area contributed by atoms with E-state index in [1.54, 1.807) is 18.2 Å². The van der Waals surface area contributed by atoms with E-state index in [-0.39, 0.29) is 5.91 Å². The van der Waals surface area contributed by atoms with Crippen molar-refractivity contribution in [2.24, 2.45) is 0 Å². The summed E-state index contributed by atoms with van der Waals surface area (Å²) < 4.78 is 6.36. The quantitative estimate of drug-likeness (QED) is 0.808. The summed E-state index contributed by atoms with van der Waals surface area (Å²) in [7, 11) is 0. The normalized spacial score (nSPS) is 11.8. The van der Waals surface area contributed by atoms with E-state index < -0.39 is 11.3 Å². The molecule has 1 aromatic carbocycles. The van der Waals surface area contributed by atoms with Gasteiger partial charge in [0, 0.05) is 11.9 Å². The molecule has 0 aliphatic carbocycles. The van der Waals surface area contributed by atoms with Gasteiger partial charge in [0.15, 0.2) is 5.58 Å². The maximum absolute atomic E-state index is 12.0. The Bertz CT molecular complexity index is 694. The first-order valence-electron chi connectivity index (χ1n) is 5.84. The highest BCUT2D eigenvalue weighted by atomic mass is 35.5. The summed E-state index contributed by atoms with van der Waals surface area (Å²) in [5.41, 5.74) is 0.307. The topological polar surface area (TPSA) is 55.5 Å². The van der Waals surface area contributed by atoms with Gasteiger partial charge in [0.1, 0.15) is 5.52 Å². The Morgan fingerprint density at radius 3 is 2.53 bits per heavy atom. The zero-order chi connectivity index (χ0) is 14.4. The number of aromatic nitrogens is 1. The van der Waals surface area contributed by atoms with Crippen molar-refractivity contribution in [3.8, 4) is 0 Å². The molecule has 1 amide bonds. The summed E-state index contributed by atoms with van der Waals surface area (Å²) >= 11 is 5.94. The Kier molecular flexibility index (Phi) is 3.18. The summed E-state index contributed by atoms with van der Waals surface area (Å²) in [6.07, 6.45) is 0. The average Bonchev–Trinajstić information content (AvgIpc) is 2.54. The van der Waals surface area contributed by atoms with Gasteiger partial charge in [-0.2, -0.15) is 4.68 Å². The lowest BCUT2D eigenvalue weighted by Gasteiger charge is -2.34. The number of rotatable bonds is 1. The third-order valence-corrected chi connectivity index (χ3v) is 2.89. The van der Waals surface area contributed by atoms with Crippen molar-refractivity contribution in [3.63, 3.8) is 0 Å². The summed E-state index contributed by atoms with van der Waals surface area (Å²) in [5.74, 6) is -0.861. The van der Waals surface area contributed by atoms with Gasteiger partial charge in [-0.05, 0) is 39.0 Å². The van der Waals surface area contributed by atoms with Gasteiger partial charge in [-0.25, -0.2) is 9.80 Å². The van der Waals surface area contributed by atoms with Crippen LogP contribution in [0.1, 0.15) is 27.7 Å². The lowest BCUT2D eigenvalue weighted by molar-refractivity contribution is -0.119. The predicted molar refractivity (Wildman–Crippen MR) is 74.1 cm³/mol. The zero-order valence-electron chi connectivity index (χ0n) is 11.2. The van der Waals surface area contributed by atoms with Crippen molar-refractivity contribution >= 4 is 28.6 Å². The summed E-state index contributed by atoms with van der Waals surface area (Å²) in [5, 5.41) is 1.83. The third-order valence-electron chi connectivity index (χ3n) is 2.65. The van der Waals surface area contributed by atoms with Crippen molar-refractivity contribution < 1.29 is 9.21 Å². The molecular formula is C13H15ClN2O3. The molecule has 0 aliphatic rings. The highest BCUT2D eigenvalue weighted by Gasteiger charge is 2.29. The van der Waals surface area contributed by atoms with E-state index in [0.717, 1.165) is 0 Å². The first kappa shape index (κ1) is 13.7. The summed E-state index contributed by atoms with van der Waals surface area (Å²) in [6.45, 7) is 6.92. The first-order valence-corrected chi connectivity index (χ1v) is 6.22. The number of oxazole rings is 1. The maximum Gasteiger partial charge on any atom is 0.439 e. The molecule has 2 aromatic rings. The highest BCUT2D eigenvalue weighted by molar-refractivity contribution is 6.31. The van der Waals surface area contributed by atoms with E-state index in [1.807, 2.05) is 20.8 Å². The van der Waals surface area contributed by atoms with Crippen LogP contribution in [0.15, 0.2) is 27.4 Å². The molecule has 5 nitrogen and oxygen atoms in total. The molecular weight excluding hydrogens is 268 g/mol. The minimum Gasteiger partial charge on any atom is -0.406 e. The number of carbonyl (C=O) groups is 1. The molecule has 0 fully saturated rings. The first-order chi connectivity index (χ1) is 8.71. The van der Waals surface area contributed by atoms with Gasteiger partial charge in [-0.1, -0.05) is 11.6 Å². The number of hydrogen-bond acceptors (Lipinski definition) is 3. The lowest BCUT2D eigenvalue weighted by atomic mass is 10.1. The standard InChI is InChI=1S/C13H15ClN2O3/c1-8(17)16(13(2,3)4)15-10-7-9(14)5-6-11(10)19-12(15)18/h5-7H,1-4H3. The van der Waals surface area contributed by atoms with Crippen molar-refractivity contribution in [2.45, 2.75) is 33.2 Å². The number of halogens is 1. The summed E-state index contributed by atoms with van der Waals surface area (Å²) in [6, 6.07) is 4.84. The van der Waals surface area contributed by atoms with E-state index in [2.05, 4.69) is 0 Å². The fourth-order valence-corrected chi connectivity index (χ4v) is 2.25. The predicted octanol–water partition coefficient (Wildman–Crippen LogP) is 2.53. The molecule has 19 heavy (non-hydrogen) atoms. The van der Waals surface area contributed by atoms with E-state index in [1.165, 1.54) is 16.6 Å². The molecule has 0 atom stereocenters. The third kappa shape index (κ3) is 2.38. The number of carbonyl (C=O) groups excluding carboxylic acids is 1. The molecule has 0 N–H and O–H groups in total. The smallest absolute Gasteiger partial charge is 0.406 e. The summed E-state index contributed by atoms with van der Waals surface area (Å²) in [4.78, 5) is 23.9. The maximum atomic E-state index is 12.0. The Hall–Kier alpha value is -1.75. The van der Waals surface area contributed by atoms with E-state index in [9.17, 15) is 9.59 Å². The van der Waals surface area contributed by atoms with Gasteiger partial charge in [-0.3, -0.25) is 4.79 Å². The minimum absolute atomic E-state index is 0.253. The number of hydrogen-bond donors (Lipinski definition) is 0. The second-order valence-corrected chi connectivity index (χ2v) is 5.73. The number of amides is 1. The molecule has 102 valence electrons. The molecule has 2 rings (SSSR count). The van der Waals surface area contributed by atoms with Crippen molar-refractivity contribution in [2.75, 3.05) is 5.01 Å². The molecule has 0 saturated heterocycles. The molecule has 0 bridgehead atoms. The van der Waals surface area contributed by atoms with Crippen LogP contribution in [-0.2, 0) is 4.79 Å². The van der Waals surface area contributed by atoms with Crippen LogP contribution < -0.4 is 10.8 Å². The lowest BCUT2D eigenvalue weighted by Crippen LogP contribution is -2.55. The van der Waals surface area contributed by atoms with Crippen molar-refractivity contribution in [1.82, 2.24) is 4.68 Å². The van der Waals surface area contributed by atoms with Crippen LogP contribution in [0.4, 0.5) is 0 Å². The SMILES string of the molecule is CC(=O)N(n1c(=O)oc2ccc(Cl)cc21)C(C)(C)C. The van der Waals surface area contributed by atoms with E-state index in [4.69, 9.17) is 16.0 Å². The molecule has 0 spiro atoms. The Labute approximate surface area is 115 Å². The van der Waals surface area contributed by atoms with Gasteiger partial charge in [0.05, 0.1) is 5.54 Å². The van der Waals surface area contributed by atoms with Crippen LogP contribution in [-0.4, -0.2) is 16.1 Å². The Balaban J connectivity index is 2.80. The second kappa shape index (κ2) is 4.42. The Morgan fingerprint density at radius 2 is 2.00 bits per heavy atom. The number of nitrogens with zero attached hydrogens (tertiary/aromatic N) is 2. The van der Waals surface area contributed by atoms with Crippen molar-refractivity contribution in [1.29, 1.82) is 0 Å². The van der Waals surface area contributed by atoms with Crippen molar-refractivity contribution in [3.05, 3.63) is 33.8 Å². The molecule has 6 heteroatoms. The van der Waals surface area contributed by atoms with Crippen LogP contribution in [0.2, 0.25) is 5.02 Å². The average molecular weight is 283 g/mol. The van der Waals surface area contributed by atoms with E-state index in [0.29, 0.717) is 16.1 Å². The van der Waals surface area contributed by atoms with Gasteiger partial charge >= 0.3 is 5.76 Å². The van der Waals surface area contributed by atoms with Crippen LogP contribution in [0.5, 0.6) is 0 Å². The molecule has 1 heterocycles. The molecule has 0 unspecified atom stereocenters. The monoisotopic (exact) mass is 282 g/mol. The fraction of sp³-hybridized carbons (Fsp3) is 0.385. The highest BCUT2D eigenvalue weighted by Crippen LogP contribution is 2.21. The Morgan fingerprint density at radius 1 is 1.37 bits per heavy atom. The molecule has 1 aromatic heterocycles. The number of fused-ring (bicyclic) bond motifs is 1. The fourth-order valence-electron chi connectivity index (χ4n) is 2.08. The zero-order valence-corrected chi connectivity index (χ0v) is 12.0. The van der Waals surface area contributed by atoms with Gasteiger partial charge in [0.25, 0.3) is 0 Å².